The van der Waals surface area contributed by atoms with Crippen LogP contribution in [0.5, 0.6) is 0 Å². The van der Waals surface area contributed by atoms with Gasteiger partial charge in [-0.2, -0.15) is 0 Å². The average molecular weight is 242 g/mol. The number of aromatic nitrogens is 3. The van der Waals surface area contributed by atoms with Crippen molar-refractivity contribution in [2.75, 3.05) is 14.2 Å². The number of rotatable bonds is 6. The number of esters is 1. The molecule has 94 valence electrons. The summed E-state index contributed by atoms with van der Waals surface area (Å²) in [6.45, 7) is 0.397. The predicted octanol–water partition coefficient (Wildman–Crippen LogP) is -0.913. The molecule has 0 saturated carbocycles. The molecule has 1 aromatic rings. The molecule has 0 atom stereocenters. The highest BCUT2D eigenvalue weighted by Gasteiger charge is 2.20. The van der Waals surface area contributed by atoms with E-state index in [1.807, 2.05) is 0 Å². The minimum atomic E-state index is -0.595. The summed E-state index contributed by atoms with van der Waals surface area (Å²) in [5.74, 6) is -1.05. The van der Waals surface area contributed by atoms with Gasteiger partial charge in [-0.3, -0.25) is 4.79 Å². The van der Waals surface area contributed by atoms with Crippen LogP contribution in [0.4, 0.5) is 0 Å². The standard InChI is InChI=1S/C9H14N4O4/c1-16-5-6-8(9(15)17-2)11-12-13(6)4-3-7(10)14/h3-5H2,1-2H3,(H2,10,14). The Morgan fingerprint density at radius 3 is 2.65 bits per heavy atom. The molecular weight excluding hydrogens is 228 g/mol. The average Bonchev–Trinajstić information content (AvgIpc) is 2.69. The third-order valence-corrected chi connectivity index (χ3v) is 2.07. The van der Waals surface area contributed by atoms with E-state index < -0.39 is 11.9 Å². The summed E-state index contributed by atoms with van der Waals surface area (Å²) in [5, 5.41) is 7.44. The zero-order chi connectivity index (χ0) is 12.8. The van der Waals surface area contributed by atoms with E-state index in [1.54, 1.807) is 0 Å². The van der Waals surface area contributed by atoms with Gasteiger partial charge in [-0.1, -0.05) is 5.21 Å². The third-order valence-electron chi connectivity index (χ3n) is 2.07. The van der Waals surface area contributed by atoms with Gasteiger partial charge in [0.25, 0.3) is 0 Å². The van der Waals surface area contributed by atoms with Gasteiger partial charge in [0.05, 0.1) is 26.0 Å². The van der Waals surface area contributed by atoms with Gasteiger partial charge >= 0.3 is 5.97 Å². The van der Waals surface area contributed by atoms with Gasteiger partial charge in [0.15, 0.2) is 5.69 Å². The molecule has 8 nitrogen and oxygen atoms in total. The van der Waals surface area contributed by atoms with Crippen LogP contribution in [0.15, 0.2) is 0 Å². The maximum atomic E-state index is 11.4. The first-order valence-electron chi connectivity index (χ1n) is 4.88. The summed E-state index contributed by atoms with van der Waals surface area (Å²) < 4.78 is 10.9. The lowest BCUT2D eigenvalue weighted by Gasteiger charge is -2.05. The summed E-state index contributed by atoms with van der Waals surface area (Å²) in [6.07, 6.45) is 0.112. The Labute approximate surface area is 97.7 Å². The molecule has 0 bridgehead atoms. The maximum Gasteiger partial charge on any atom is 0.360 e. The highest BCUT2D eigenvalue weighted by atomic mass is 16.5. The van der Waals surface area contributed by atoms with Crippen LogP contribution in [0, 0.1) is 0 Å². The number of ether oxygens (including phenoxy) is 2. The lowest BCUT2D eigenvalue weighted by Crippen LogP contribution is -2.17. The molecule has 0 aliphatic heterocycles. The van der Waals surface area contributed by atoms with Crippen molar-refractivity contribution in [1.82, 2.24) is 15.0 Å². The number of methoxy groups -OCH3 is 2. The molecule has 0 aromatic carbocycles. The molecule has 1 heterocycles. The molecule has 0 radical (unpaired) electrons. The molecule has 0 unspecified atom stereocenters. The first-order valence-corrected chi connectivity index (χ1v) is 4.88. The third kappa shape index (κ3) is 3.25. The summed E-state index contributed by atoms with van der Waals surface area (Å²) in [5.41, 5.74) is 5.57. The fourth-order valence-electron chi connectivity index (χ4n) is 1.26. The predicted molar refractivity (Wildman–Crippen MR) is 55.9 cm³/mol. The Morgan fingerprint density at radius 1 is 1.41 bits per heavy atom. The Hall–Kier alpha value is -1.96. The van der Waals surface area contributed by atoms with Gasteiger partial charge in [-0.05, 0) is 0 Å². The van der Waals surface area contributed by atoms with Crippen LogP contribution in [0.1, 0.15) is 22.6 Å². The van der Waals surface area contributed by atoms with E-state index in [1.165, 1.54) is 18.9 Å². The second kappa shape index (κ2) is 5.94. The topological polar surface area (TPSA) is 109 Å². The van der Waals surface area contributed by atoms with E-state index >= 15 is 0 Å². The van der Waals surface area contributed by atoms with Gasteiger partial charge in [0.2, 0.25) is 5.91 Å². The van der Waals surface area contributed by atoms with Gasteiger partial charge in [-0.15, -0.1) is 5.10 Å². The fraction of sp³-hybridized carbons (Fsp3) is 0.556. The van der Waals surface area contributed by atoms with Gasteiger partial charge in [0.1, 0.15) is 0 Å². The van der Waals surface area contributed by atoms with Gasteiger partial charge in [0, 0.05) is 13.5 Å². The van der Waals surface area contributed by atoms with Crippen molar-refractivity contribution in [3.63, 3.8) is 0 Å². The van der Waals surface area contributed by atoms with E-state index in [0.717, 1.165) is 0 Å². The number of hydrogen-bond acceptors (Lipinski definition) is 6. The van der Waals surface area contributed by atoms with Crippen LogP contribution in [0.3, 0.4) is 0 Å². The Bertz CT molecular complexity index is 415. The van der Waals surface area contributed by atoms with Crippen LogP contribution >= 0.6 is 0 Å². The van der Waals surface area contributed by atoms with E-state index in [0.29, 0.717) is 5.69 Å². The van der Waals surface area contributed by atoms with Crippen molar-refractivity contribution in [2.24, 2.45) is 5.73 Å². The second-order valence-electron chi connectivity index (χ2n) is 3.25. The molecule has 2 N–H and O–H groups in total. The van der Waals surface area contributed by atoms with Crippen molar-refractivity contribution in [3.05, 3.63) is 11.4 Å². The lowest BCUT2D eigenvalue weighted by atomic mass is 10.3. The van der Waals surface area contributed by atoms with Crippen molar-refractivity contribution in [2.45, 2.75) is 19.6 Å². The molecule has 1 rings (SSSR count). The summed E-state index contributed by atoms with van der Waals surface area (Å²) in [7, 11) is 2.73. The number of nitrogens with zero attached hydrogens (tertiary/aromatic N) is 3. The quantitative estimate of drug-likeness (QED) is 0.646. The van der Waals surface area contributed by atoms with Gasteiger partial charge in [-0.25, -0.2) is 9.48 Å². The smallest absolute Gasteiger partial charge is 0.360 e. The Balaban J connectivity index is 2.93. The van der Waals surface area contributed by atoms with Crippen LogP contribution in [-0.4, -0.2) is 41.1 Å². The Morgan fingerprint density at radius 2 is 2.12 bits per heavy atom. The van der Waals surface area contributed by atoms with Crippen molar-refractivity contribution >= 4 is 11.9 Å². The number of hydrogen-bond donors (Lipinski definition) is 1. The molecule has 1 amide bonds. The SMILES string of the molecule is COCc1c(C(=O)OC)nnn1CCC(N)=O. The number of carbonyl (C=O) groups excluding carboxylic acids is 2. The first kappa shape index (κ1) is 13.1. The van der Waals surface area contributed by atoms with E-state index in [4.69, 9.17) is 10.5 Å². The minimum Gasteiger partial charge on any atom is -0.464 e. The van der Waals surface area contributed by atoms with Crippen LogP contribution in [0.25, 0.3) is 0 Å². The molecular formula is C9H14N4O4. The molecule has 0 fully saturated rings. The molecule has 0 spiro atoms. The summed E-state index contributed by atoms with van der Waals surface area (Å²) in [6, 6.07) is 0. The number of nitrogens with two attached hydrogens (primary N) is 1. The van der Waals surface area contributed by atoms with Crippen LogP contribution in [0.2, 0.25) is 0 Å². The Kier molecular flexibility index (Phi) is 4.58. The molecule has 0 aliphatic carbocycles. The van der Waals surface area contributed by atoms with E-state index in [2.05, 4.69) is 15.0 Å². The van der Waals surface area contributed by atoms with Crippen LogP contribution in [-0.2, 0) is 27.4 Å². The number of carbonyl (C=O) groups is 2. The minimum absolute atomic E-state index is 0.0822. The lowest BCUT2D eigenvalue weighted by molar-refractivity contribution is -0.118. The monoisotopic (exact) mass is 242 g/mol. The number of primary amides is 1. The number of amides is 1. The normalized spacial score (nSPS) is 10.2. The molecule has 0 aliphatic rings. The number of aryl methyl sites for hydroxylation is 1. The van der Waals surface area contributed by atoms with Crippen molar-refractivity contribution in [1.29, 1.82) is 0 Å². The van der Waals surface area contributed by atoms with Crippen molar-refractivity contribution < 1.29 is 19.1 Å². The molecule has 17 heavy (non-hydrogen) atoms. The maximum absolute atomic E-state index is 11.4. The second-order valence-corrected chi connectivity index (χ2v) is 3.25. The highest BCUT2D eigenvalue weighted by molar-refractivity contribution is 5.88. The largest absolute Gasteiger partial charge is 0.464 e. The zero-order valence-electron chi connectivity index (χ0n) is 9.67. The van der Waals surface area contributed by atoms with Crippen LogP contribution < -0.4 is 5.73 Å². The molecule has 1 aromatic heterocycles. The fourth-order valence-corrected chi connectivity index (χ4v) is 1.26. The summed E-state index contributed by atoms with van der Waals surface area (Å²) >= 11 is 0. The van der Waals surface area contributed by atoms with Crippen molar-refractivity contribution in [3.8, 4) is 0 Å². The highest BCUT2D eigenvalue weighted by Crippen LogP contribution is 2.09. The van der Waals surface area contributed by atoms with E-state index in [9.17, 15) is 9.59 Å². The molecule has 8 heteroatoms. The zero-order valence-corrected chi connectivity index (χ0v) is 9.67. The molecule has 0 saturated heterocycles. The first-order chi connectivity index (χ1) is 8.10. The van der Waals surface area contributed by atoms with Gasteiger partial charge < -0.3 is 15.2 Å². The van der Waals surface area contributed by atoms with E-state index in [-0.39, 0.29) is 25.3 Å². The summed E-state index contributed by atoms with van der Waals surface area (Å²) in [4.78, 5) is 22.1.